The van der Waals surface area contributed by atoms with E-state index >= 15 is 0 Å². The fourth-order valence-electron chi connectivity index (χ4n) is 0.368. The molecule has 0 rings (SSSR count). The maximum absolute atomic E-state index is 6.79. The first-order valence-electron chi connectivity index (χ1n) is 2.77. The van der Waals surface area contributed by atoms with Crippen LogP contribution in [-0.2, 0) is 0 Å². The van der Waals surface area contributed by atoms with Crippen molar-refractivity contribution in [3.05, 3.63) is 0 Å². The van der Waals surface area contributed by atoms with Gasteiger partial charge in [-0.2, -0.15) is 0 Å². The van der Waals surface area contributed by atoms with Crippen LogP contribution in [0.2, 0.25) is 0 Å². The first-order valence-corrected chi connectivity index (χ1v) is 2.77. The van der Waals surface area contributed by atoms with Gasteiger partial charge in [-0.15, -0.1) is 0 Å². The highest BCUT2D eigenvalue weighted by molar-refractivity contribution is 5.74. The van der Waals surface area contributed by atoms with E-state index in [0.29, 0.717) is 6.04 Å². The van der Waals surface area contributed by atoms with E-state index in [4.69, 9.17) is 11.1 Å². The number of nitrogens with one attached hydrogen (secondary N) is 2. The topological polar surface area (TPSA) is 61.9 Å². The van der Waals surface area contributed by atoms with Gasteiger partial charge in [-0.1, -0.05) is 6.92 Å². The van der Waals surface area contributed by atoms with Gasteiger partial charge in [0.2, 0.25) is 0 Å². The van der Waals surface area contributed by atoms with Crippen molar-refractivity contribution in [3.8, 4) is 0 Å². The molecule has 8 heavy (non-hydrogen) atoms. The van der Waals surface area contributed by atoms with Crippen LogP contribution in [0.1, 0.15) is 20.3 Å². The zero-order chi connectivity index (χ0) is 6.57. The highest BCUT2D eigenvalue weighted by Crippen LogP contribution is 1.84. The highest BCUT2D eigenvalue weighted by Gasteiger charge is 1.94. The second-order valence-corrected chi connectivity index (χ2v) is 1.87. The molecule has 0 fully saturated rings. The summed E-state index contributed by atoms with van der Waals surface area (Å²) in [5.74, 6) is 0.0550. The van der Waals surface area contributed by atoms with Crippen LogP contribution in [0.4, 0.5) is 0 Å². The maximum atomic E-state index is 6.79. The van der Waals surface area contributed by atoms with E-state index in [2.05, 4.69) is 5.32 Å². The van der Waals surface area contributed by atoms with E-state index in [1.54, 1.807) is 0 Å². The second kappa shape index (κ2) is 3.29. The lowest BCUT2D eigenvalue weighted by Crippen LogP contribution is -2.36. The van der Waals surface area contributed by atoms with Crippen molar-refractivity contribution in [2.24, 2.45) is 5.73 Å². The minimum atomic E-state index is 0.0550. The first-order chi connectivity index (χ1) is 3.66. The van der Waals surface area contributed by atoms with Gasteiger partial charge in [0.05, 0.1) is 0 Å². The first kappa shape index (κ1) is 7.27. The quantitative estimate of drug-likeness (QED) is 0.357. The normalized spacial score (nSPS) is 12.8. The van der Waals surface area contributed by atoms with E-state index in [1.165, 1.54) is 0 Å². The van der Waals surface area contributed by atoms with Crippen molar-refractivity contribution in [1.82, 2.24) is 5.32 Å². The van der Waals surface area contributed by atoms with Crippen molar-refractivity contribution < 1.29 is 0 Å². The third-order valence-corrected chi connectivity index (χ3v) is 1.01. The Morgan fingerprint density at radius 3 is 2.50 bits per heavy atom. The minimum Gasteiger partial charge on any atom is -0.370 e. The molecule has 0 amide bonds. The molecule has 0 aliphatic rings. The molecule has 0 aromatic carbocycles. The zero-order valence-corrected chi connectivity index (χ0v) is 5.36. The van der Waals surface area contributed by atoms with Gasteiger partial charge < -0.3 is 11.1 Å². The monoisotopic (exact) mass is 115 g/mol. The predicted molar refractivity (Wildman–Crippen MR) is 34.8 cm³/mol. The summed E-state index contributed by atoms with van der Waals surface area (Å²) in [5, 5.41) is 9.55. The van der Waals surface area contributed by atoms with Gasteiger partial charge in [-0.25, -0.2) is 0 Å². The van der Waals surface area contributed by atoms with Gasteiger partial charge in [0, 0.05) is 6.04 Å². The van der Waals surface area contributed by atoms with Gasteiger partial charge in [-0.05, 0) is 13.3 Å². The van der Waals surface area contributed by atoms with Gasteiger partial charge in [0.1, 0.15) is 0 Å². The summed E-state index contributed by atoms with van der Waals surface area (Å²) in [5.41, 5.74) is 5.04. The van der Waals surface area contributed by atoms with Crippen LogP contribution >= 0.6 is 0 Å². The number of hydrogen-bond donors (Lipinski definition) is 3. The lowest BCUT2D eigenvalue weighted by molar-refractivity contribution is 0.637. The molecule has 1 atom stereocenters. The maximum Gasteiger partial charge on any atom is 0.185 e. The molecule has 0 aromatic heterocycles. The molecule has 0 heterocycles. The molecule has 0 unspecified atom stereocenters. The van der Waals surface area contributed by atoms with Crippen molar-refractivity contribution in [2.75, 3.05) is 0 Å². The molecule has 0 radical (unpaired) electrons. The average molecular weight is 115 g/mol. The predicted octanol–water partition coefficient (Wildman–Crippen LogP) is 0.268. The van der Waals surface area contributed by atoms with E-state index in [0.717, 1.165) is 6.42 Å². The van der Waals surface area contributed by atoms with Crippen LogP contribution in [0.5, 0.6) is 0 Å². The Morgan fingerprint density at radius 1 is 1.88 bits per heavy atom. The number of nitrogens with two attached hydrogens (primary N) is 1. The number of hydrogen-bond acceptors (Lipinski definition) is 1. The summed E-state index contributed by atoms with van der Waals surface area (Å²) < 4.78 is 0. The molecule has 3 heteroatoms. The third kappa shape index (κ3) is 3.46. The summed E-state index contributed by atoms with van der Waals surface area (Å²) in [7, 11) is 0. The molecular formula is C5H13N3. The molecule has 0 saturated carbocycles. The minimum absolute atomic E-state index is 0.0550. The number of guanidine groups is 1. The standard InChI is InChI=1S/C5H13N3/c1-3-4(2)8-5(6)7/h4H,3H2,1-2H3,(H4,6,7,8)/t4-/m0/s1. The van der Waals surface area contributed by atoms with Crippen LogP contribution in [-0.4, -0.2) is 12.0 Å². The Bertz CT molecular complexity index is 79.7. The molecule has 0 aliphatic heterocycles. The molecular weight excluding hydrogens is 102 g/mol. The van der Waals surface area contributed by atoms with E-state index < -0.39 is 0 Å². The van der Waals surface area contributed by atoms with Crippen molar-refractivity contribution in [2.45, 2.75) is 26.3 Å². The Labute approximate surface area is 49.8 Å². The SMILES string of the molecule is CC[C@H](C)NC(=N)N. The van der Waals surface area contributed by atoms with Gasteiger partial charge in [0.25, 0.3) is 0 Å². The summed E-state index contributed by atoms with van der Waals surface area (Å²) >= 11 is 0. The summed E-state index contributed by atoms with van der Waals surface area (Å²) in [6, 6.07) is 0.326. The van der Waals surface area contributed by atoms with Crippen LogP contribution in [0.25, 0.3) is 0 Å². The van der Waals surface area contributed by atoms with E-state index in [-0.39, 0.29) is 5.96 Å². The molecule has 0 spiro atoms. The summed E-state index contributed by atoms with van der Waals surface area (Å²) in [6.07, 6.45) is 1.000. The molecule has 4 N–H and O–H groups in total. The van der Waals surface area contributed by atoms with Gasteiger partial charge in [0.15, 0.2) is 5.96 Å². The fraction of sp³-hybridized carbons (Fsp3) is 0.800. The van der Waals surface area contributed by atoms with Crippen LogP contribution < -0.4 is 11.1 Å². The molecule has 0 aromatic rings. The van der Waals surface area contributed by atoms with E-state index in [9.17, 15) is 0 Å². The molecule has 0 bridgehead atoms. The lowest BCUT2D eigenvalue weighted by Gasteiger charge is -2.08. The van der Waals surface area contributed by atoms with Gasteiger partial charge in [-0.3, -0.25) is 5.41 Å². The molecule has 3 nitrogen and oxygen atoms in total. The van der Waals surface area contributed by atoms with Crippen LogP contribution in [0.3, 0.4) is 0 Å². The Kier molecular flexibility index (Phi) is 2.99. The molecule has 0 saturated heterocycles. The molecule has 48 valence electrons. The van der Waals surface area contributed by atoms with Crippen molar-refractivity contribution >= 4 is 5.96 Å². The Balaban J connectivity index is 3.24. The summed E-state index contributed by atoms with van der Waals surface area (Å²) in [4.78, 5) is 0. The summed E-state index contributed by atoms with van der Waals surface area (Å²) in [6.45, 7) is 4.03. The smallest absolute Gasteiger partial charge is 0.185 e. The van der Waals surface area contributed by atoms with E-state index in [1.807, 2.05) is 13.8 Å². The second-order valence-electron chi connectivity index (χ2n) is 1.87. The fourth-order valence-corrected chi connectivity index (χ4v) is 0.368. The average Bonchev–Trinajstić information content (AvgIpc) is 1.65. The zero-order valence-electron chi connectivity index (χ0n) is 5.36. The lowest BCUT2D eigenvalue weighted by atomic mass is 10.3. The molecule has 0 aliphatic carbocycles. The highest BCUT2D eigenvalue weighted by atomic mass is 15.1. The van der Waals surface area contributed by atoms with Crippen molar-refractivity contribution in [1.29, 1.82) is 5.41 Å². The van der Waals surface area contributed by atoms with Crippen LogP contribution in [0.15, 0.2) is 0 Å². The Hall–Kier alpha value is -0.730. The van der Waals surface area contributed by atoms with Crippen molar-refractivity contribution in [3.63, 3.8) is 0 Å². The third-order valence-electron chi connectivity index (χ3n) is 1.01. The number of rotatable bonds is 2. The van der Waals surface area contributed by atoms with Crippen LogP contribution in [0, 0.1) is 5.41 Å². The van der Waals surface area contributed by atoms with Gasteiger partial charge >= 0.3 is 0 Å². The largest absolute Gasteiger partial charge is 0.370 e. The Morgan fingerprint density at radius 2 is 2.38 bits per heavy atom.